The molecule has 144 valence electrons. The van der Waals surface area contributed by atoms with Crippen LogP contribution >= 0.6 is 24.0 Å². The highest BCUT2D eigenvalue weighted by molar-refractivity contribution is 6.33. The molecule has 1 amide bonds. The van der Waals surface area contributed by atoms with Gasteiger partial charge in [0.05, 0.1) is 23.4 Å². The molecular weight excluding hydrogens is 385 g/mol. The second kappa shape index (κ2) is 9.02. The molecule has 4 N–H and O–H groups in total. The quantitative estimate of drug-likeness (QED) is 0.530. The topological polar surface area (TPSA) is 80.1 Å². The average molecular weight is 408 g/mol. The number of rotatable bonds is 6. The van der Waals surface area contributed by atoms with Crippen LogP contribution < -0.4 is 15.8 Å². The molecule has 0 radical (unpaired) electrons. The first-order valence-electron chi connectivity index (χ1n) is 8.54. The van der Waals surface area contributed by atoms with Gasteiger partial charge in [0.15, 0.2) is 0 Å². The number of hydrogen-bond acceptors (Lipinski definition) is 3. The van der Waals surface area contributed by atoms with Crippen LogP contribution in [-0.2, 0) is 12.8 Å². The number of hydrogen-bond donors (Lipinski definition) is 3. The van der Waals surface area contributed by atoms with Gasteiger partial charge in [0.25, 0.3) is 5.91 Å². The van der Waals surface area contributed by atoms with E-state index < -0.39 is 0 Å². The van der Waals surface area contributed by atoms with Gasteiger partial charge in [-0.25, -0.2) is 0 Å². The fraction of sp³-hybridized carbons (Fsp3) is 0.250. The van der Waals surface area contributed by atoms with Crippen LogP contribution in [0, 0.1) is 0 Å². The van der Waals surface area contributed by atoms with Gasteiger partial charge >= 0.3 is 0 Å². The summed E-state index contributed by atoms with van der Waals surface area (Å²) in [5.74, 6) is 0.168. The minimum absolute atomic E-state index is 0. The highest BCUT2D eigenvalue weighted by Crippen LogP contribution is 2.29. The largest absolute Gasteiger partial charge is 0.496 e. The zero-order chi connectivity index (χ0) is 18.7. The molecule has 3 aromatic rings. The zero-order valence-electron chi connectivity index (χ0n) is 15.3. The van der Waals surface area contributed by atoms with Crippen LogP contribution in [0.3, 0.4) is 0 Å². The number of nitrogen functional groups attached to an aromatic ring is 1. The number of aryl methyl sites for hydroxylation is 1. The fourth-order valence-corrected chi connectivity index (χ4v) is 3.26. The summed E-state index contributed by atoms with van der Waals surface area (Å²) in [5, 5.41) is 4.45. The lowest BCUT2D eigenvalue weighted by Crippen LogP contribution is -2.26. The maximum Gasteiger partial charge on any atom is 0.255 e. The molecular formula is C20H23Cl2N3O2. The van der Waals surface area contributed by atoms with E-state index in [-0.39, 0.29) is 18.3 Å². The molecule has 0 unspecified atom stereocenters. The lowest BCUT2D eigenvalue weighted by Gasteiger charge is -2.11. The van der Waals surface area contributed by atoms with Crippen molar-refractivity contribution < 1.29 is 9.53 Å². The van der Waals surface area contributed by atoms with Crippen LogP contribution in [0.1, 0.15) is 28.4 Å². The maximum atomic E-state index is 12.5. The molecule has 0 aliphatic carbocycles. The van der Waals surface area contributed by atoms with Crippen molar-refractivity contribution in [1.29, 1.82) is 0 Å². The summed E-state index contributed by atoms with van der Waals surface area (Å²) < 4.78 is 5.23. The molecule has 27 heavy (non-hydrogen) atoms. The van der Waals surface area contributed by atoms with Crippen LogP contribution in [0.4, 0.5) is 5.69 Å². The number of nitrogens with two attached hydrogens (primary N) is 1. The van der Waals surface area contributed by atoms with Crippen molar-refractivity contribution >= 4 is 46.5 Å². The number of benzene rings is 2. The molecule has 0 spiro atoms. The molecule has 0 aliphatic rings. The lowest BCUT2D eigenvalue weighted by molar-refractivity contribution is 0.0951. The third-order valence-electron chi connectivity index (χ3n) is 4.51. The van der Waals surface area contributed by atoms with Gasteiger partial charge in [-0.2, -0.15) is 0 Å². The molecule has 1 aromatic heterocycles. The van der Waals surface area contributed by atoms with Crippen LogP contribution in [0.15, 0.2) is 36.5 Å². The second-order valence-electron chi connectivity index (χ2n) is 6.09. The first-order valence-corrected chi connectivity index (χ1v) is 8.92. The molecule has 1 heterocycles. The Hall–Kier alpha value is -2.37. The van der Waals surface area contributed by atoms with Crippen molar-refractivity contribution in [3.05, 3.63) is 58.2 Å². The van der Waals surface area contributed by atoms with Gasteiger partial charge in [-0.15, -0.1) is 12.4 Å². The van der Waals surface area contributed by atoms with E-state index in [9.17, 15) is 4.79 Å². The van der Waals surface area contributed by atoms with Gasteiger partial charge in [-0.1, -0.05) is 36.7 Å². The highest BCUT2D eigenvalue weighted by atomic mass is 35.5. The lowest BCUT2D eigenvalue weighted by atomic mass is 10.1. The Bertz CT molecular complexity index is 954. The van der Waals surface area contributed by atoms with Crippen LogP contribution in [0.2, 0.25) is 5.02 Å². The van der Waals surface area contributed by atoms with Crippen molar-refractivity contribution in [2.24, 2.45) is 0 Å². The molecule has 2 aromatic carbocycles. The van der Waals surface area contributed by atoms with Gasteiger partial charge in [0.1, 0.15) is 5.75 Å². The number of aromatic nitrogens is 1. The Kier molecular flexibility index (Phi) is 6.99. The van der Waals surface area contributed by atoms with Crippen molar-refractivity contribution in [2.45, 2.75) is 19.8 Å². The van der Waals surface area contributed by atoms with E-state index in [1.807, 2.05) is 6.20 Å². The number of fused-ring (bicyclic) bond motifs is 1. The van der Waals surface area contributed by atoms with Gasteiger partial charge < -0.3 is 20.8 Å². The number of nitrogens with one attached hydrogen (secondary N) is 2. The van der Waals surface area contributed by atoms with Gasteiger partial charge in [-0.05, 0) is 30.0 Å². The van der Waals surface area contributed by atoms with E-state index in [1.54, 1.807) is 6.07 Å². The summed E-state index contributed by atoms with van der Waals surface area (Å²) in [7, 11) is 1.50. The number of ether oxygens (including phenoxy) is 1. The Morgan fingerprint density at radius 1 is 1.30 bits per heavy atom. The van der Waals surface area contributed by atoms with Gasteiger partial charge in [0.2, 0.25) is 0 Å². The second-order valence-corrected chi connectivity index (χ2v) is 6.49. The molecule has 0 aliphatic heterocycles. The Morgan fingerprint density at radius 3 is 2.78 bits per heavy atom. The number of aromatic amines is 1. The molecule has 0 bridgehead atoms. The monoisotopic (exact) mass is 407 g/mol. The SMILES string of the molecule is CCc1cccc2c(CCNC(=O)c3cc(Cl)c(N)cc3OC)c[nH]c12.Cl. The number of methoxy groups -OCH3 is 1. The smallest absolute Gasteiger partial charge is 0.255 e. The molecule has 0 fully saturated rings. The number of para-hydroxylation sites is 1. The number of carbonyl (C=O) groups is 1. The predicted molar refractivity (Wildman–Crippen MR) is 113 cm³/mol. The summed E-state index contributed by atoms with van der Waals surface area (Å²) in [6.07, 6.45) is 3.71. The number of H-pyrrole nitrogens is 1. The summed E-state index contributed by atoms with van der Waals surface area (Å²) in [5.41, 5.74) is 10.2. The van der Waals surface area contributed by atoms with Crippen LogP contribution in [0.25, 0.3) is 10.9 Å². The molecule has 0 atom stereocenters. The van der Waals surface area contributed by atoms with E-state index in [1.165, 1.54) is 35.2 Å². The number of halogens is 2. The molecule has 3 rings (SSSR count). The average Bonchev–Trinajstić information content (AvgIpc) is 3.06. The first-order chi connectivity index (χ1) is 12.5. The maximum absolute atomic E-state index is 12.5. The molecule has 7 heteroatoms. The van der Waals surface area contributed by atoms with Crippen LogP contribution in [-0.4, -0.2) is 24.5 Å². The molecule has 0 saturated carbocycles. The van der Waals surface area contributed by atoms with Crippen molar-refractivity contribution in [1.82, 2.24) is 10.3 Å². The minimum Gasteiger partial charge on any atom is -0.496 e. The van der Waals surface area contributed by atoms with Crippen molar-refractivity contribution in [3.63, 3.8) is 0 Å². The molecule has 0 saturated heterocycles. The fourth-order valence-electron chi connectivity index (χ4n) is 3.10. The van der Waals surface area contributed by atoms with E-state index in [4.69, 9.17) is 22.1 Å². The molecule has 5 nitrogen and oxygen atoms in total. The van der Waals surface area contributed by atoms with E-state index in [2.05, 4.69) is 35.4 Å². The van der Waals surface area contributed by atoms with Crippen molar-refractivity contribution in [3.8, 4) is 5.75 Å². The highest BCUT2D eigenvalue weighted by Gasteiger charge is 2.15. The standard InChI is InChI=1S/C20H22ClN3O2.ClH/c1-3-12-5-4-6-14-13(11-24-19(12)14)7-8-23-20(25)15-9-16(21)17(22)10-18(15)26-2;/h4-6,9-11,24H,3,7-8,22H2,1-2H3,(H,23,25);1H. The normalized spacial score (nSPS) is 10.5. The first kappa shape index (κ1) is 20.9. The summed E-state index contributed by atoms with van der Waals surface area (Å²) in [6, 6.07) is 9.39. The number of anilines is 1. The summed E-state index contributed by atoms with van der Waals surface area (Å²) in [6.45, 7) is 2.65. The third-order valence-corrected chi connectivity index (χ3v) is 4.84. The summed E-state index contributed by atoms with van der Waals surface area (Å²) >= 11 is 6.03. The van der Waals surface area contributed by atoms with E-state index in [0.29, 0.717) is 28.6 Å². The van der Waals surface area contributed by atoms with Crippen molar-refractivity contribution in [2.75, 3.05) is 19.4 Å². The Labute approximate surface area is 169 Å². The number of carbonyl (C=O) groups excluding carboxylic acids is 1. The summed E-state index contributed by atoms with van der Waals surface area (Å²) in [4.78, 5) is 15.8. The van der Waals surface area contributed by atoms with E-state index in [0.717, 1.165) is 12.8 Å². The number of amides is 1. The Balaban J connectivity index is 0.00000261. The predicted octanol–water partition coefficient (Wildman–Crippen LogP) is 4.37. The zero-order valence-corrected chi connectivity index (χ0v) is 16.8. The van der Waals surface area contributed by atoms with Crippen LogP contribution in [0.5, 0.6) is 5.75 Å². The van der Waals surface area contributed by atoms with E-state index >= 15 is 0 Å². The van der Waals surface area contributed by atoms with Gasteiger partial charge in [0, 0.05) is 29.7 Å². The third kappa shape index (κ3) is 4.31. The minimum atomic E-state index is -0.238. The Morgan fingerprint density at radius 2 is 2.07 bits per heavy atom. The van der Waals surface area contributed by atoms with Gasteiger partial charge in [-0.3, -0.25) is 4.79 Å².